The van der Waals surface area contributed by atoms with Crippen molar-refractivity contribution in [2.45, 2.75) is 26.3 Å². The van der Waals surface area contributed by atoms with Gasteiger partial charge in [-0.1, -0.05) is 6.92 Å². The minimum Gasteiger partial charge on any atom is -0.494 e. The molecule has 6 heteroatoms. The molecule has 26 heavy (non-hydrogen) atoms. The first-order chi connectivity index (χ1) is 12.7. The Morgan fingerprint density at radius 2 is 2.12 bits per heavy atom. The number of aromatic nitrogens is 1. The molecule has 138 valence electrons. The van der Waals surface area contributed by atoms with Gasteiger partial charge < -0.3 is 20.7 Å². The number of pyridine rings is 1. The lowest BCUT2D eigenvalue weighted by molar-refractivity contribution is 0.0915. The second-order valence-corrected chi connectivity index (χ2v) is 6.53. The van der Waals surface area contributed by atoms with E-state index in [9.17, 15) is 4.79 Å². The summed E-state index contributed by atoms with van der Waals surface area (Å²) in [7, 11) is 0. The van der Waals surface area contributed by atoms with Crippen molar-refractivity contribution in [2.75, 3.05) is 25.0 Å². The second kappa shape index (κ2) is 8.67. The van der Waals surface area contributed by atoms with Gasteiger partial charge in [0.15, 0.2) is 0 Å². The van der Waals surface area contributed by atoms with E-state index in [1.807, 2.05) is 31.2 Å². The van der Waals surface area contributed by atoms with E-state index >= 15 is 0 Å². The van der Waals surface area contributed by atoms with Crippen LogP contribution in [0.5, 0.6) is 5.75 Å². The Labute approximate surface area is 154 Å². The number of nitrogens with zero attached hydrogens (tertiary/aromatic N) is 1. The van der Waals surface area contributed by atoms with E-state index in [-0.39, 0.29) is 11.9 Å². The van der Waals surface area contributed by atoms with Crippen LogP contribution in [-0.2, 0) is 0 Å². The van der Waals surface area contributed by atoms with Crippen molar-refractivity contribution < 1.29 is 9.53 Å². The Bertz CT molecular complexity index is 733. The number of hydrogen-bond acceptors (Lipinski definition) is 5. The number of carbonyl (C=O) groups excluding carboxylic acids is 1. The molecule has 1 aliphatic rings. The largest absolute Gasteiger partial charge is 0.494 e. The number of amides is 1. The first-order valence-corrected chi connectivity index (χ1v) is 9.14. The van der Waals surface area contributed by atoms with E-state index in [0.29, 0.717) is 23.9 Å². The predicted octanol–water partition coefficient (Wildman–Crippen LogP) is 2.95. The van der Waals surface area contributed by atoms with Crippen molar-refractivity contribution in [1.82, 2.24) is 15.6 Å². The summed E-state index contributed by atoms with van der Waals surface area (Å²) in [6.07, 6.45) is 2.62. The fourth-order valence-electron chi connectivity index (χ4n) is 3.10. The van der Waals surface area contributed by atoms with Gasteiger partial charge in [0.1, 0.15) is 11.6 Å². The molecule has 0 aliphatic carbocycles. The molecular formula is C20H26N4O2. The minimum absolute atomic E-state index is 0.0923. The zero-order valence-electron chi connectivity index (χ0n) is 15.3. The smallest absolute Gasteiger partial charge is 0.255 e. The van der Waals surface area contributed by atoms with Crippen LogP contribution in [-0.4, -0.2) is 36.6 Å². The van der Waals surface area contributed by atoms with E-state index in [2.05, 4.69) is 27.9 Å². The lowest BCUT2D eigenvalue weighted by atomic mass is 9.95. The average Bonchev–Trinajstić information content (AvgIpc) is 2.66. The summed E-state index contributed by atoms with van der Waals surface area (Å²) in [4.78, 5) is 17.1. The molecule has 1 aromatic carbocycles. The topological polar surface area (TPSA) is 75.3 Å². The number of rotatable bonds is 6. The summed E-state index contributed by atoms with van der Waals surface area (Å²) in [5.74, 6) is 1.69. The van der Waals surface area contributed by atoms with Gasteiger partial charge in [0.25, 0.3) is 5.91 Å². The highest BCUT2D eigenvalue weighted by Gasteiger charge is 2.24. The van der Waals surface area contributed by atoms with Gasteiger partial charge in [0.2, 0.25) is 0 Å². The molecule has 1 aliphatic heterocycles. The van der Waals surface area contributed by atoms with E-state index in [4.69, 9.17) is 4.74 Å². The number of anilines is 2. The van der Waals surface area contributed by atoms with Crippen LogP contribution in [0.1, 0.15) is 30.6 Å². The number of hydrogen-bond donors (Lipinski definition) is 3. The maximum absolute atomic E-state index is 12.8. The van der Waals surface area contributed by atoms with Crippen LogP contribution in [0, 0.1) is 5.92 Å². The molecule has 1 fully saturated rings. The molecule has 1 amide bonds. The number of piperidine rings is 1. The van der Waals surface area contributed by atoms with Gasteiger partial charge in [-0.3, -0.25) is 4.79 Å². The molecule has 2 aromatic rings. The monoisotopic (exact) mass is 354 g/mol. The predicted molar refractivity (Wildman–Crippen MR) is 103 cm³/mol. The van der Waals surface area contributed by atoms with Crippen LogP contribution < -0.4 is 20.7 Å². The molecule has 3 N–H and O–H groups in total. The van der Waals surface area contributed by atoms with Crippen molar-refractivity contribution in [2.24, 2.45) is 5.92 Å². The lowest BCUT2D eigenvalue weighted by Gasteiger charge is -2.30. The van der Waals surface area contributed by atoms with E-state index in [1.54, 1.807) is 18.3 Å². The molecule has 2 atom stereocenters. The van der Waals surface area contributed by atoms with Crippen LogP contribution in [0.25, 0.3) is 0 Å². The Kier molecular flexibility index (Phi) is 6.07. The van der Waals surface area contributed by atoms with Crippen LogP contribution in [0.15, 0.2) is 42.6 Å². The molecule has 3 rings (SSSR count). The standard InChI is InChI=1S/C20H26N4O2/c1-3-26-16-8-6-15(7-9-16)23-19-17(5-4-11-22-19)20(25)24-18-10-12-21-13-14(18)2/h4-9,11,14,18,21H,3,10,12-13H2,1-2H3,(H,22,23)(H,24,25). The van der Waals surface area contributed by atoms with Crippen molar-refractivity contribution in [3.05, 3.63) is 48.2 Å². The Balaban J connectivity index is 1.71. The summed E-state index contributed by atoms with van der Waals surface area (Å²) in [5, 5.41) is 9.74. The number of nitrogens with one attached hydrogen (secondary N) is 3. The van der Waals surface area contributed by atoms with Gasteiger partial charge in [0, 0.05) is 17.9 Å². The van der Waals surface area contributed by atoms with Crippen LogP contribution in [0.2, 0.25) is 0 Å². The third-order valence-electron chi connectivity index (χ3n) is 4.58. The van der Waals surface area contributed by atoms with Crippen molar-refractivity contribution in [3.63, 3.8) is 0 Å². The molecule has 0 radical (unpaired) electrons. The normalized spacial score (nSPS) is 19.6. The molecule has 0 saturated carbocycles. The van der Waals surface area contributed by atoms with Crippen LogP contribution >= 0.6 is 0 Å². The summed E-state index contributed by atoms with van der Waals surface area (Å²) in [5.41, 5.74) is 1.41. The third-order valence-corrected chi connectivity index (χ3v) is 4.58. The van der Waals surface area contributed by atoms with E-state index in [0.717, 1.165) is 30.9 Å². The third kappa shape index (κ3) is 4.52. The van der Waals surface area contributed by atoms with E-state index < -0.39 is 0 Å². The second-order valence-electron chi connectivity index (χ2n) is 6.53. The van der Waals surface area contributed by atoms with Crippen molar-refractivity contribution in [3.8, 4) is 5.75 Å². The van der Waals surface area contributed by atoms with Crippen LogP contribution in [0.4, 0.5) is 11.5 Å². The summed E-state index contributed by atoms with van der Waals surface area (Å²) < 4.78 is 5.45. The molecule has 2 unspecified atom stereocenters. The van der Waals surface area contributed by atoms with Crippen molar-refractivity contribution in [1.29, 1.82) is 0 Å². The average molecular weight is 354 g/mol. The number of ether oxygens (including phenoxy) is 1. The molecule has 2 heterocycles. The van der Waals surface area contributed by atoms with Crippen molar-refractivity contribution >= 4 is 17.4 Å². The lowest BCUT2D eigenvalue weighted by Crippen LogP contribution is -2.48. The quantitative estimate of drug-likeness (QED) is 0.744. The van der Waals surface area contributed by atoms with Gasteiger partial charge in [-0.05, 0) is 68.8 Å². The highest BCUT2D eigenvalue weighted by molar-refractivity contribution is 5.99. The first-order valence-electron chi connectivity index (χ1n) is 9.14. The summed E-state index contributed by atoms with van der Waals surface area (Å²) in [6, 6.07) is 11.4. The fraction of sp³-hybridized carbons (Fsp3) is 0.400. The maximum Gasteiger partial charge on any atom is 0.255 e. The van der Waals surface area contributed by atoms with Gasteiger partial charge in [-0.15, -0.1) is 0 Å². The number of carbonyl (C=O) groups is 1. The first kappa shape index (κ1) is 18.2. The molecule has 0 bridgehead atoms. The zero-order chi connectivity index (χ0) is 18.4. The molecule has 0 spiro atoms. The van der Waals surface area contributed by atoms with Crippen LogP contribution in [0.3, 0.4) is 0 Å². The molecule has 6 nitrogen and oxygen atoms in total. The highest BCUT2D eigenvalue weighted by atomic mass is 16.5. The van der Waals surface area contributed by atoms with Gasteiger partial charge >= 0.3 is 0 Å². The minimum atomic E-state index is -0.0923. The van der Waals surface area contributed by atoms with Gasteiger partial charge in [0.05, 0.1) is 12.2 Å². The van der Waals surface area contributed by atoms with Gasteiger partial charge in [-0.2, -0.15) is 0 Å². The Hall–Kier alpha value is -2.60. The fourth-order valence-corrected chi connectivity index (χ4v) is 3.10. The molecule has 1 saturated heterocycles. The zero-order valence-corrected chi connectivity index (χ0v) is 15.3. The number of benzene rings is 1. The maximum atomic E-state index is 12.8. The summed E-state index contributed by atoms with van der Waals surface area (Å²) >= 11 is 0. The highest BCUT2D eigenvalue weighted by Crippen LogP contribution is 2.22. The van der Waals surface area contributed by atoms with Gasteiger partial charge in [-0.25, -0.2) is 4.98 Å². The molecule has 1 aromatic heterocycles. The van der Waals surface area contributed by atoms with E-state index in [1.165, 1.54) is 0 Å². The SMILES string of the molecule is CCOc1ccc(Nc2ncccc2C(=O)NC2CCNCC2C)cc1. The summed E-state index contributed by atoms with van der Waals surface area (Å²) in [6.45, 7) is 6.59. The molecular weight excluding hydrogens is 328 g/mol. The Morgan fingerprint density at radius 3 is 2.85 bits per heavy atom. The Morgan fingerprint density at radius 1 is 1.31 bits per heavy atom.